The molecule has 0 radical (unpaired) electrons. The Morgan fingerprint density at radius 1 is 0.865 bits per heavy atom. The maximum Gasteiger partial charge on any atom is 0.257 e. The van der Waals surface area contributed by atoms with Crippen LogP contribution in [0.25, 0.3) is 16.9 Å². The highest BCUT2D eigenvalue weighted by Gasteiger charge is 2.32. The zero-order valence-corrected chi connectivity index (χ0v) is 21.8. The van der Waals surface area contributed by atoms with E-state index in [0.29, 0.717) is 36.3 Å². The molecular formula is C31H38N4O2. The standard InChI is InChI=1S/C31H38N4O2/c1-23(30(36)32-26-14-8-2-3-9-15-26)24-18-20-34(21-19-24)31(37)28-22-35(27-16-10-5-11-17-27)33-29(28)25-12-6-4-7-13-25/h4-7,10-13,16-17,22-24,26H,2-3,8-9,14-15,18-21H2,1H3,(H,32,36)/t23-/m1/s1. The average Bonchev–Trinajstić information content (AvgIpc) is 3.24. The van der Waals surface area contributed by atoms with E-state index in [0.717, 1.165) is 36.9 Å². The summed E-state index contributed by atoms with van der Waals surface area (Å²) in [7, 11) is 0. The number of benzene rings is 2. The third-order valence-electron chi connectivity index (χ3n) is 8.16. The van der Waals surface area contributed by atoms with Gasteiger partial charge in [-0.2, -0.15) is 5.10 Å². The van der Waals surface area contributed by atoms with Crippen LogP contribution in [0.1, 0.15) is 68.6 Å². The Bertz CT molecular complexity index is 1170. The molecule has 6 heteroatoms. The van der Waals surface area contributed by atoms with Crippen LogP contribution in [0.3, 0.4) is 0 Å². The minimum Gasteiger partial charge on any atom is -0.353 e. The Morgan fingerprint density at radius 3 is 2.14 bits per heavy atom. The maximum absolute atomic E-state index is 13.7. The summed E-state index contributed by atoms with van der Waals surface area (Å²) < 4.78 is 1.79. The van der Waals surface area contributed by atoms with Crippen LogP contribution in [0.15, 0.2) is 66.9 Å². The minimum atomic E-state index is -0.0267. The monoisotopic (exact) mass is 498 g/mol. The van der Waals surface area contributed by atoms with E-state index < -0.39 is 0 Å². The molecule has 1 aliphatic carbocycles. The van der Waals surface area contributed by atoms with E-state index in [1.54, 1.807) is 4.68 Å². The largest absolute Gasteiger partial charge is 0.353 e. The summed E-state index contributed by atoms with van der Waals surface area (Å²) in [5.41, 5.74) is 3.17. The van der Waals surface area contributed by atoms with Crippen molar-refractivity contribution in [3.05, 3.63) is 72.4 Å². The molecule has 2 aromatic carbocycles. The fourth-order valence-electron chi connectivity index (χ4n) is 5.80. The van der Waals surface area contributed by atoms with Gasteiger partial charge in [0.1, 0.15) is 5.69 Å². The van der Waals surface area contributed by atoms with Gasteiger partial charge in [-0.1, -0.05) is 81.1 Å². The summed E-state index contributed by atoms with van der Waals surface area (Å²) in [5.74, 6) is 0.471. The Kier molecular flexibility index (Phi) is 8.02. The highest BCUT2D eigenvalue weighted by molar-refractivity contribution is 6.00. The molecule has 1 atom stereocenters. The van der Waals surface area contributed by atoms with Crippen LogP contribution < -0.4 is 5.32 Å². The number of carbonyl (C=O) groups is 2. The summed E-state index contributed by atoms with van der Waals surface area (Å²) >= 11 is 0. The molecule has 1 saturated carbocycles. The van der Waals surface area contributed by atoms with Gasteiger partial charge in [-0.3, -0.25) is 9.59 Å². The molecule has 3 aromatic rings. The zero-order valence-electron chi connectivity index (χ0n) is 21.8. The van der Waals surface area contributed by atoms with Gasteiger partial charge < -0.3 is 10.2 Å². The van der Waals surface area contributed by atoms with Crippen LogP contribution in [-0.2, 0) is 4.79 Å². The van der Waals surface area contributed by atoms with Crippen LogP contribution >= 0.6 is 0 Å². The summed E-state index contributed by atoms with van der Waals surface area (Å²) in [6.45, 7) is 3.39. The van der Waals surface area contributed by atoms with Gasteiger partial charge in [0, 0.05) is 36.8 Å². The summed E-state index contributed by atoms with van der Waals surface area (Å²) in [4.78, 5) is 28.7. The number of para-hydroxylation sites is 1. The second-order valence-corrected chi connectivity index (χ2v) is 10.7. The lowest BCUT2D eigenvalue weighted by atomic mass is 9.84. The molecule has 6 nitrogen and oxygen atoms in total. The Morgan fingerprint density at radius 2 is 1.49 bits per heavy atom. The number of nitrogens with zero attached hydrogens (tertiary/aromatic N) is 3. The van der Waals surface area contributed by atoms with Gasteiger partial charge in [0.25, 0.3) is 5.91 Å². The van der Waals surface area contributed by atoms with E-state index in [2.05, 4.69) is 12.2 Å². The van der Waals surface area contributed by atoms with Gasteiger partial charge in [-0.25, -0.2) is 4.68 Å². The number of hydrogen-bond acceptors (Lipinski definition) is 3. The van der Waals surface area contributed by atoms with Gasteiger partial charge in [-0.05, 0) is 43.7 Å². The number of likely N-dealkylation sites (tertiary alicyclic amines) is 1. The van der Waals surface area contributed by atoms with Gasteiger partial charge in [0.2, 0.25) is 5.91 Å². The van der Waals surface area contributed by atoms with Crippen LogP contribution in [0.2, 0.25) is 0 Å². The third kappa shape index (κ3) is 5.95. The molecule has 2 amide bonds. The molecule has 2 fully saturated rings. The van der Waals surface area contributed by atoms with Crippen molar-refractivity contribution in [3.8, 4) is 16.9 Å². The summed E-state index contributed by atoms with van der Waals surface area (Å²) in [6, 6.07) is 20.1. The van der Waals surface area contributed by atoms with Crippen molar-refractivity contribution in [1.82, 2.24) is 20.0 Å². The van der Waals surface area contributed by atoms with E-state index in [1.165, 1.54) is 25.7 Å². The van der Waals surface area contributed by atoms with E-state index in [-0.39, 0.29) is 17.7 Å². The van der Waals surface area contributed by atoms with E-state index in [9.17, 15) is 9.59 Å². The molecular weight excluding hydrogens is 460 g/mol. The van der Waals surface area contributed by atoms with Crippen molar-refractivity contribution in [3.63, 3.8) is 0 Å². The van der Waals surface area contributed by atoms with E-state index >= 15 is 0 Å². The van der Waals surface area contributed by atoms with Crippen LogP contribution in [0, 0.1) is 11.8 Å². The molecule has 1 saturated heterocycles. The number of hydrogen-bond donors (Lipinski definition) is 1. The Labute approximate surface area is 220 Å². The fraction of sp³-hybridized carbons (Fsp3) is 0.452. The molecule has 0 spiro atoms. The molecule has 0 unspecified atom stereocenters. The second kappa shape index (κ2) is 11.8. The fourth-order valence-corrected chi connectivity index (χ4v) is 5.80. The van der Waals surface area contributed by atoms with Gasteiger partial charge in [0.15, 0.2) is 0 Å². The molecule has 37 heavy (non-hydrogen) atoms. The zero-order chi connectivity index (χ0) is 25.6. The third-order valence-corrected chi connectivity index (χ3v) is 8.16. The number of aromatic nitrogens is 2. The molecule has 1 aromatic heterocycles. The first kappa shape index (κ1) is 25.2. The number of amides is 2. The first-order valence-corrected chi connectivity index (χ1v) is 13.9. The molecule has 2 heterocycles. The van der Waals surface area contributed by atoms with Crippen molar-refractivity contribution in [2.75, 3.05) is 13.1 Å². The van der Waals surface area contributed by atoms with E-state index in [1.807, 2.05) is 71.8 Å². The lowest BCUT2D eigenvalue weighted by Gasteiger charge is -2.35. The summed E-state index contributed by atoms with van der Waals surface area (Å²) in [6.07, 6.45) is 10.7. The maximum atomic E-state index is 13.7. The highest BCUT2D eigenvalue weighted by atomic mass is 16.2. The van der Waals surface area contributed by atoms with Gasteiger partial charge in [-0.15, -0.1) is 0 Å². The normalized spacial score (nSPS) is 18.2. The molecule has 1 aliphatic heterocycles. The number of nitrogens with one attached hydrogen (secondary N) is 1. The molecule has 0 bridgehead atoms. The highest BCUT2D eigenvalue weighted by Crippen LogP contribution is 2.30. The molecule has 2 aliphatic rings. The van der Waals surface area contributed by atoms with Crippen LogP contribution in [0.4, 0.5) is 0 Å². The van der Waals surface area contributed by atoms with Crippen molar-refractivity contribution in [2.45, 2.75) is 64.3 Å². The Balaban J connectivity index is 1.26. The number of piperidine rings is 1. The first-order valence-electron chi connectivity index (χ1n) is 13.9. The second-order valence-electron chi connectivity index (χ2n) is 10.7. The smallest absolute Gasteiger partial charge is 0.257 e. The number of rotatable bonds is 6. The molecule has 1 N–H and O–H groups in total. The van der Waals surface area contributed by atoms with Crippen molar-refractivity contribution in [2.24, 2.45) is 11.8 Å². The lowest BCUT2D eigenvalue weighted by Crippen LogP contribution is -2.44. The van der Waals surface area contributed by atoms with E-state index in [4.69, 9.17) is 5.10 Å². The Hall–Kier alpha value is -3.41. The topological polar surface area (TPSA) is 67.2 Å². The SMILES string of the molecule is C[C@@H](C(=O)NC1CCCCCC1)C1CCN(C(=O)c2cn(-c3ccccc3)nc2-c2ccccc2)CC1. The van der Waals surface area contributed by atoms with Gasteiger partial charge >= 0.3 is 0 Å². The summed E-state index contributed by atoms with van der Waals surface area (Å²) in [5, 5.41) is 8.14. The first-order chi connectivity index (χ1) is 18.1. The van der Waals surface area contributed by atoms with Crippen LogP contribution in [-0.4, -0.2) is 45.6 Å². The quantitative estimate of drug-likeness (QED) is 0.433. The average molecular weight is 499 g/mol. The predicted octanol–water partition coefficient (Wildman–Crippen LogP) is 5.87. The van der Waals surface area contributed by atoms with Gasteiger partial charge in [0.05, 0.1) is 11.3 Å². The minimum absolute atomic E-state index is 0.00930. The predicted molar refractivity (Wildman–Crippen MR) is 146 cm³/mol. The molecule has 5 rings (SSSR count). The lowest BCUT2D eigenvalue weighted by molar-refractivity contribution is -0.127. The molecule has 194 valence electrons. The number of carbonyl (C=O) groups excluding carboxylic acids is 2. The van der Waals surface area contributed by atoms with Crippen LogP contribution in [0.5, 0.6) is 0 Å². The van der Waals surface area contributed by atoms with Crippen molar-refractivity contribution >= 4 is 11.8 Å². The van der Waals surface area contributed by atoms with Crippen molar-refractivity contribution < 1.29 is 9.59 Å². The van der Waals surface area contributed by atoms with Crippen molar-refractivity contribution in [1.29, 1.82) is 0 Å².